The first-order valence-electron chi connectivity index (χ1n) is 5.60. The van der Waals surface area contributed by atoms with Crippen LogP contribution in [0.15, 0.2) is 16.8 Å². The first-order chi connectivity index (χ1) is 8.65. The number of rotatable bonds is 4. The third-order valence-electron chi connectivity index (χ3n) is 2.65. The maximum absolute atomic E-state index is 11.5. The van der Waals surface area contributed by atoms with Crippen molar-refractivity contribution in [3.8, 4) is 0 Å². The van der Waals surface area contributed by atoms with Crippen LogP contribution in [-0.4, -0.2) is 35.9 Å². The summed E-state index contributed by atoms with van der Waals surface area (Å²) in [7, 11) is 0. The number of thiophene rings is 1. The lowest BCUT2D eigenvalue weighted by Crippen LogP contribution is -2.35. The van der Waals surface area contributed by atoms with Crippen LogP contribution in [0.1, 0.15) is 12.8 Å². The largest absolute Gasteiger partial charge is 0.479 e. The molecule has 2 heterocycles. The van der Waals surface area contributed by atoms with Gasteiger partial charge in [-0.2, -0.15) is 11.3 Å². The van der Waals surface area contributed by atoms with E-state index < -0.39 is 12.1 Å². The quantitative estimate of drug-likeness (QED) is 0.773. The number of urea groups is 1. The van der Waals surface area contributed by atoms with Crippen molar-refractivity contribution in [3.63, 3.8) is 0 Å². The molecule has 98 valence electrons. The normalized spacial score (nSPS) is 22.7. The molecule has 0 aromatic carbocycles. The minimum absolute atomic E-state index is 0.223. The zero-order chi connectivity index (χ0) is 13.0. The molecule has 1 aromatic heterocycles. The molecule has 0 saturated carbocycles. The second-order valence-corrected chi connectivity index (χ2v) is 4.79. The van der Waals surface area contributed by atoms with Crippen LogP contribution in [0.2, 0.25) is 0 Å². The number of carboxylic acids is 1. The molecule has 0 aliphatic carbocycles. The van der Waals surface area contributed by atoms with E-state index in [4.69, 9.17) is 9.84 Å². The van der Waals surface area contributed by atoms with E-state index in [2.05, 4.69) is 10.6 Å². The molecule has 2 rings (SSSR count). The minimum atomic E-state index is -0.944. The van der Waals surface area contributed by atoms with Crippen molar-refractivity contribution in [2.45, 2.75) is 25.0 Å². The molecule has 0 radical (unpaired) electrons. The summed E-state index contributed by atoms with van der Waals surface area (Å²) in [6.45, 7) is 0.319. The average Bonchev–Trinajstić information content (AvgIpc) is 2.96. The van der Waals surface area contributed by atoms with Gasteiger partial charge in [-0.25, -0.2) is 9.59 Å². The highest BCUT2D eigenvalue weighted by Gasteiger charge is 2.30. The van der Waals surface area contributed by atoms with Crippen LogP contribution in [0.3, 0.4) is 0 Å². The van der Waals surface area contributed by atoms with E-state index >= 15 is 0 Å². The van der Waals surface area contributed by atoms with Crippen LogP contribution in [0.25, 0.3) is 0 Å². The Labute approximate surface area is 108 Å². The molecule has 1 aromatic rings. The van der Waals surface area contributed by atoms with E-state index in [0.717, 1.165) is 5.69 Å². The summed E-state index contributed by atoms with van der Waals surface area (Å²) in [5.41, 5.74) is 0.744. The summed E-state index contributed by atoms with van der Waals surface area (Å²) < 4.78 is 5.27. The van der Waals surface area contributed by atoms with Gasteiger partial charge in [0.1, 0.15) is 0 Å². The molecule has 2 atom stereocenters. The number of amides is 2. The Bertz CT molecular complexity index is 421. The van der Waals surface area contributed by atoms with Crippen LogP contribution < -0.4 is 10.6 Å². The summed E-state index contributed by atoms with van der Waals surface area (Å²) in [5.74, 6) is -0.944. The lowest BCUT2D eigenvalue weighted by molar-refractivity contribution is -0.149. The molecule has 2 amide bonds. The topological polar surface area (TPSA) is 87.7 Å². The van der Waals surface area contributed by atoms with Gasteiger partial charge < -0.3 is 20.5 Å². The van der Waals surface area contributed by atoms with Crippen molar-refractivity contribution in [1.29, 1.82) is 0 Å². The van der Waals surface area contributed by atoms with E-state index in [0.29, 0.717) is 19.4 Å². The number of carboxylic acid groups (broad SMARTS) is 1. The van der Waals surface area contributed by atoms with Gasteiger partial charge in [-0.05, 0) is 24.3 Å². The van der Waals surface area contributed by atoms with E-state index in [1.807, 2.05) is 10.8 Å². The lowest BCUT2D eigenvalue weighted by atomic mass is 10.2. The predicted octanol–water partition coefficient (Wildman–Crippen LogP) is 1.50. The van der Waals surface area contributed by atoms with E-state index in [-0.39, 0.29) is 12.1 Å². The zero-order valence-electron chi connectivity index (χ0n) is 9.59. The van der Waals surface area contributed by atoms with Crippen LogP contribution in [0.4, 0.5) is 10.5 Å². The average molecular weight is 270 g/mol. The van der Waals surface area contributed by atoms with Gasteiger partial charge in [0, 0.05) is 11.9 Å². The Balaban J connectivity index is 1.69. The number of hydrogen-bond acceptors (Lipinski definition) is 4. The van der Waals surface area contributed by atoms with Gasteiger partial charge in [0.15, 0.2) is 6.10 Å². The van der Waals surface area contributed by atoms with Gasteiger partial charge in [0.2, 0.25) is 0 Å². The molecule has 0 bridgehead atoms. The molecular weight excluding hydrogens is 256 g/mol. The van der Waals surface area contributed by atoms with Crippen molar-refractivity contribution < 1.29 is 19.4 Å². The molecule has 6 nitrogen and oxygen atoms in total. The number of hydrogen-bond donors (Lipinski definition) is 3. The number of carbonyl (C=O) groups excluding carboxylic acids is 1. The molecule has 7 heteroatoms. The summed E-state index contributed by atoms with van der Waals surface area (Å²) in [5, 5.41) is 17.8. The third kappa shape index (κ3) is 3.44. The number of carbonyl (C=O) groups is 2. The first kappa shape index (κ1) is 12.8. The van der Waals surface area contributed by atoms with E-state index in [1.54, 1.807) is 6.07 Å². The smallest absolute Gasteiger partial charge is 0.332 e. The number of anilines is 1. The first-order valence-corrected chi connectivity index (χ1v) is 6.55. The Kier molecular flexibility index (Phi) is 4.16. The summed E-state index contributed by atoms with van der Waals surface area (Å²) >= 11 is 1.50. The maximum Gasteiger partial charge on any atom is 0.332 e. The Hall–Kier alpha value is -1.60. The molecule has 2 unspecified atom stereocenters. The van der Waals surface area contributed by atoms with Gasteiger partial charge in [-0.3, -0.25) is 0 Å². The van der Waals surface area contributed by atoms with Gasteiger partial charge >= 0.3 is 12.0 Å². The SMILES string of the molecule is O=C(NCC1CCC(C(=O)O)O1)Nc1ccsc1. The van der Waals surface area contributed by atoms with Gasteiger partial charge in [-0.15, -0.1) is 0 Å². The second kappa shape index (κ2) is 5.83. The lowest BCUT2D eigenvalue weighted by Gasteiger charge is -2.12. The van der Waals surface area contributed by atoms with Crippen LogP contribution in [0, 0.1) is 0 Å². The molecule has 1 aliphatic heterocycles. The fourth-order valence-corrected chi connectivity index (χ4v) is 2.34. The highest BCUT2D eigenvalue weighted by Crippen LogP contribution is 2.19. The monoisotopic (exact) mass is 270 g/mol. The summed E-state index contributed by atoms with van der Waals surface area (Å²) in [6.07, 6.45) is 0.180. The van der Waals surface area contributed by atoms with Crippen molar-refractivity contribution >= 4 is 29.0 Å². The highest BCUT2D eigenvalue weighted by atomic mass is 32.1. The Morgan fingerprint density at radius 2 is 2.33 bits per heavy atom. The summed E-state index contributed by atoms with van der Waals surface area (Å²) in [4.78, 5) is 22.2. The van der Waals surface area contributed by atoms with E-state index in [1.165, 1.54) is 11.3 Å². The fraction of sp³-hybridized carbons (Fsp3) is 0.455. The Morgan fingerprint density at radius 3 is 2.94 bits per heavy atom. The van der Waals surface area contributed by atoms with Crippen molar-refractivity contribution in [3.05, 3.63) is 16.8 Å². The molecule has 1 saturated heterocycles. The standard InChI is InChI=1S/C11H14N2O4S/c14-10(15)9-2-1-8(17-9)5-12-11(16)13-7-3-4-18-6-7/h3-4,6,8-9H,1-2,5H2,(H,14,15)(H2,12,13,16). The van der Waals surface area contributed by atoms with E-state index in [9.17, 15) is 9.59 Å². The van der Waals surface area contributed by atoms with Crippen LogP contribution in [-0.2, 0) is 9.53 Å². The zero-order valence-corrected chi connectivity index (χ0v) is 10.4. The predicted molar refractivity (Wildman–Crippen MR) is 66.9 cm³/mol. The fourth-order valence-electron chi connectivity index (χ4n) is 1.75. The second-order valence-electron chi connectivity index (χ2n) is 4.01. The number of aliphatic carboxylic acids is 1. The van der Waals surface area contributed by atoms with Gasteiger partial charge in [0.05, 0.1) is 11.8 Å². The van der Waals surface area contributed by atoms with Crippen molar-refractivity contribution in [2.24, 2.45) is 0 Å². The van der Waals surface area contributed by atoms with Crippen LogP contribution in [0.5, 0.6) is 0 Å². The van der Waals surface area contributed by atoms with Crippen molar-refractivity contribution in [1.82, 2.24) is 5.32 Å². The van der Waals surface area contributed by atoms with Gasteiger partial charge in [0.25, 0.3) is 0 Å². The highest BCUT2D eigenvalue weighted by molar-refractivity contribution is 7.08. The molecular formula is C11H14N2O4S. The Morgan fingerprint density at radius 1 is 1.50 bits per heavy atom. The molecule has 1 aliphatic rings. The van der Waals surface area contributed by atoms with Crippen LogP contribution >= 0.6 is 11.3 Å². The maximum atomic E-state index is 11.5. The molecule has 1 fully saturated rings. The van der Waals surface area contributed by atoms with Crippen molar-refractivity contribution in [2.75, 3.05) is 11.9 Å². The molecule has 3 N–H and O–H groups in total. The number of nitrogens with one attached hydrogen (secondary N) is 2. The molecule has 0 spiro atoms. The third-order valence-corrected chi connectivity index (χ3v) is 3.34. The summed E-state index contributed by atoms with van der Waals surface area (Å²) in [6, 6.07) is 1.49. The van der Waals surface area contributed by atoms with Gasteiger partial charge in [-0.1, -0.05) is 0 Å². The molecule has 18 heavy (non-hydrogen) atoms. The minimum Gasteiger partial charge on any atom is -0.479 e. The number of ether oxygens (including phenoxy) is 1.